The molecule has 4 heterocycles. The Kier molecular flexibility index (Phi) is 6.80. The van der Waals surface area contributed by atoms with E-state index in [1.165, 1.54) is 0 Å². The van der Waals surface area contributed by atoms with E-state index in [9.17, 15) is 4.79 Å². The molecule has 0 saturated carbocycles. The molecule has 0 aliphatic rings. The molecule has 0 unspecified atom stereocenters. The van der Waals surface area contributed by atoms with Crippen LogP contribution in [0.3, 0.4) is 0 Å². The van der Waals surface area contributed by atoms with Gasteiger partial charge in [-0.1, -0.05) is 48.5 Å². The molecule has 0 bridgehead atoms. The zero-order valence-electron chi connectivity index (χ0n) is 21.4. The lowest BCUT2D eigenvalue weighted by Crippen LogP contribution is -2.35. The first-order valence-electron chi connectivity index (χ1n) is 12.7. The van der Waals surface area contributed by atoms with Crippen molar-refractivity contribution in [2.45, 2.75) is 32.6 Å². The smallest absolute Gasteiger partial charge is 0.253 e. The van der Waals surface area contributed by atoms with Crippen LogP contribution in [0.1, 0.15) is 39.9 Å². The van der Waals surface area contributed by atoms with Crippen LogP contribution in [0.15, 0.2) is 107 Å². The lowest BCUT2D eigenvalue weighted by atomic mass is 10.0. The number of tetrazole rings is 1. The van der Waals surface area contributed by atoms with Crippen LogP contribution in [-0.4, -0.2) is 35.1 Å². The summed E-state index contributed by atoms with van der Waals surface area (Å²) in [6.45, 7) is 3.38. The van der Waals surface area contributed by atoms with Crippen LogP contribution >= 0.6 is 0 Å². The number of aromatic amines is 1. The molecule has 0 aliphatic heterocycles. The van der Waals surface area contributed by atoms with E-state index in [0.717, 1.165) is 33.4 Å². The lowest BCUT2D eigenvalue weighted by Gasteiger charge is -2.30. The van der Waals surface area contributed by atoms with Gasteiger partial charge in [0.2, 0.25) is 0 Å². The molecule has 194 valence electrons. The minimum absolute atomic E-state index is 0.192. The predicted octanol–water partition coefficient (Wildman–Crippen LogP) is 4.65. The van der Waals surface area contributed by atoms with Gasteiger partial charge in [0.15, 0.2) is 5.82 Å². The molecule has 0 amide bonds. The third-order valence-electron chi connectivity index (χ3n) is 6.72. The maximum atomic E-state index is 13.7. The van der Waals surface area contributed by atoms with E-state index >= 15 is 0 Å². The first-order chi connectivity index (χ1) is 19.1. The van der Waals surface area contributed by atoms with Crippen molar-refractivity contribution in [2.75, 3.05) is 0 Å². The fourth-order valence-corrected chi connectivity index (χ4v) is 4.88. The van der Waals surface area contributed by atoms with Gasteiger partial charge in [0.05, 0.1) is 19.4 Å². The second-order valence-electron chi connectivity index (χ2n) is 9.57. The summed E-state index contributed by atoms with van der Waals surface area (Å²) in [7, 11) is 0. The van der Waals surface area contributed by atoms with Crippen LogP contribution in [0.25, 0.3) is 10.9 Å². The molecule has 6 aromatic rings. The Labute approximate surface area is 224 Å². The third-order valence-corrected chi connectivity index (χ3v) is 6.72. The zero-order chi connectivity index (χ0) is 26.6. The predicted molar refractivity (Wildman–Crippen MR) is 147 cm³/mol. The summed E-state index contributed by atoms with van der Waals surface area (Å²) in [5, 5.41) is 13.8. The van der Waals surface area contributed by atoms with Crippen molar-refractivity contribution < 1.29 is 4.42 Å². The molecule has 6 rings (SSSR count). The van der Waals surface area contributed by atoms with E-state index in [0.29, 0.717) is 31.0 Å². The highest BCUT2D eigenvalue weighted by molar-refractivity contribution is 5.79. The monoisotopic (exact) mass is 517 g/mol. The Balaban J connectivity index is 1.52. The number of benzene rings is 2. The van der Waals surface area contributed by atoms with Crippen molar-refractivity contribution >= 4 is 10.9 Å². The van der Waals surface area contributed by atoms with E-state index < -0.39 is 6.04 Å². The minimum Gasteiger partial charge on any atom is -0.468 e. The van der Waals surface area contributed by atoms with Gasteiger partial charge in [-0.15, -0.1) is 5.10 Å². The highest BCUT2D eigenvalue weighted by Crippen LogP contribution is 2.30. The molecule has 4 aromatic heterocycles. The minimum atomic E-state index is -0.580. The summed E-state index contributed by atoms with van der Waals surface area (Å²) < 4.78 is 7.50. The van der Waals surface area contributed by atoms with E-state index in [-0.39, 0.29) is 5.56 Å². The number of rotatable bonds is 9. The van der Waals surface area contributed by atoms with Crippen LogP contribution in [0.4, 0.5) is 0 Å². The van der Waals surface area contributed by atoms with Crippen LogP contribution in [0, 0.1) is 6.92 Å². The summed E-state index contributed by atoms with van der Waals surface area (Å²) in [6.07, 6.45) is 5.22. The number of aromatic nitrogens is 6. The van der Waals surface area contributed by atoms with E-state index in [1.54, 1.807) is 17.1 Å². The highest BCUT2D eigenvalue weighted by atomic mass is 16.3. The number of hydrogen-bond donors (Lipinski definition) is 1. The number of fused-ring (bicyclic) bond motifs is 1. The Morgan fingerprint density at radius 2 is 1.85 bits per heavy atom. The summed E-state index contributed by atoms with van der Waals surface area (Å²) in [4.78, 5) is 23.3. The van der Waals surface area contributed by atoms with Crippen molar-refractivity contribution in [3.63, 3.8) is 0 Å². The fourth-order valence-electron chi connectivity index (χ4n) is 4.88. The number of H-pyrrole nitrogens is 1. The van der Waals surface area contributed by atoms with Gasteiger partial charge in [-0.25, -0.2) is 4.68 Å². The number of aryl methyl sites for hydroxylation is 1. The molecule has 9 nitrogen and oxygen atoms in total. The standard InChI is InChI=1S/C30H27N7O2/c1-21-11-12-24-16-26(30(38)32-27(24)15-21)28(29-33-34-35-37(29)19-22-7-3-2-4-8-22)36(20-25-10-6-14-39-25)18-23-9-5-13-31-17-23/h2-17,28H,18-20H2,1H3,(H,32,38)/t28-/m1/s1. The first-order valence-corrected chi connectivity index (χ1v) is 12.7. The van der Waals surface area contributed by atoms with Gasteiger partial charge in [-0.05, 0) is 69.8 Å². The molecule has 0 saturated heterocycles. The van der Waals surface area contributed by atoms with Crippen molar-refractivity contribution in [1.29, 1.82) is 0 Å². The summed E-state index contributed by atoms with van der Waals surface area (Å²) >= 11 is 0. The molecular weight excluding hydrogens is 490 g/mol. The van der Waals surface area contributed by atoms with E-state index in [1.807, 2.05) is 92.0 Å². The Morgan fingerprint density at radius 3 is 2.64 bits per heavy atom. The van der Waals surface area contributed by atoms with Gasteiger partial charge in [0.1, 0.15) is 11.8 Å². The highest BCUT2D eigenvalue weighted by Gasteiger charge is 2.31. The maximum absolute atomic E-state index is 13.7. The topological polar surface area (TPSA) is 106 Å². The third kappa shape index (κ3) is 5.39. The molecule has 0 fully saturated rings. The van der Waals surface area contributed by atoms with Crippen LogP contribution in [-0.2, 0) is 19.6 Å². The van der Waals surface area contributed by atoms with Crippen LogP contribution in [0.2, 0.25) is 0 Å². The first kappa shape index (κ1) is 24.4. The van der Waals surface area contributed by atoms with Crippen LogP contribution in [0.5, 0.6) is 0 Å². The lowest BCUT2D eigenvalue weighted by molar-refractivity contribution is 0.179. The molecule has 9 heteroatoms. The van der Waals surface area contributed by atoms with Gasteiger partial charge >= 0.3 is 0 Å². The molecule has 0 radical (unpaired) electrons. The summed E-state index contributed by atoms with van der Waals surface area (Å²) in [6, 6.07) is 25.1. The van der Waals surface area contributed by atoms with Gasteiger partial charge < -0.3 is 9.40 Å². The van der Waals surface area contributed by atoms with Crippen molar-refractivity contribution in [3.8, 4) is 0 Å². The summed E-state index contributed by atoms with van der Waals surface area (Å²) in [5.74, 6) is 1.32. The molecular formula is C30H27N7O2. The van der Waals surface area contributed by atoms with Crippen molar-refractivity contribution in [3.05, 3.63) is 142 Å². The molecule has 0 spiro atoms. The fraction of sp³-hybridized carbons (Fsp3) is 0.167. The largest absolute Gasteiger partial charge is 0.468 e. The van der Waals surface area contributed by atoms with E-state index in [4.69, 9.17) is 4.42 Å². The maximum Gasteiger partial charge on any atom is 0.253 e. The number of pyridine rings is 2. The Morgan fingerprint density at radius 1 is 0.974 bits per heavy atom. The molecule has 1 atom stereocenters. The Bertz CT molecular complexity index is 1730. The summed E-state index contributed by atoms with van der Waals surface area (Å²) in [5.41, 5.74) is 4.26. The number of furan rings is 1. The number of nitrogens with one attached hydrogen (secondary N) is 1. The average molecular weight is 518 g/mol. The Hall–Kier alpha value is -4.89. The average Bonchev–Trinajstić information content (AvgIpc) is 3.63. The molecule has 1 N–H and O–H groups in total. The second kappa shape index (κ2) is 10.8. The van der Waals surface area contributed by atoms with Crippen molar-refractivity contribution in [2.24, 2.45) is 0 Å². The van der Waals surface area contributed by atoms with Crippen molar-refractivity contribution in [1.82, 2.24) is 35.1 Å². The van der Waals surface area contributed by atoms with Gasteiger partial charge in [0.25, 0.3) is 5.56 Å². The number of nitrogens with zero attached hydrogens (tertiary/aromatic N) is 6. The second-order valence-corrected chi connectivity index (χ2v) is 9.57. The zero-order valence-corrected chi connectivity index (χ0v) is 21.4. The molecule has 2 aromatic carbocycles. The van der Waals surface area contributed by atoms with E-state index in [2.05, 4.69) is 30.4 Å². The van der Waals surface area contributed by atoms with Gasteiger partial charge in [-0.3, -0.25) is 14.7 Å². The van der Waals surface area contributed by atoms with Crippen LogP contribution < -0.4 is 5.56 Å². The quantitative estimate of drug-likeness (QED) is 0.298. The normalized spacial score (nSPS) is 12.3. The number of hydrogen-bond acceptors (Lipinski definition) is 7. The van der Waals surface area contributed by atoms with Gasteiger partial charge in [-0.2, -0.15) is 0 Å². The SMILES string of the molecule is Cc1ccc2cc([C@H](c3nnnn3Cc3ccccc3)N(Cc3cccnc3)Cc3ccco3)c(=O)[nH]c2c1. The van der Waals surface area contributed by atoms with Gasteiger partial charge in [0, 0.05) is 30.0 Å². The molecule has 0 aliphatic carbocycles. The molecule has 39 heavy (non-hydrogen) atoms.